The summed E-state index contributed by atoms with van der Waals surface area (Å²) in [7, 11) is 0. The molecular formula is C23H28F6N8O3. The van der Waals surface area contributed by atoms with E-state index in [1.807, 2.05) is 0 Å². The lowest BCUT2D eigenvalue weighted by Crippen LogP contribution is -2.41. The van der Waals surface area contributed by atoms with Crippen molar-refractivity contribution >= 4 is 17.7 Å². The van der Waals surface area contributed by atoms with E-state index in [0.717, 1.165) is 18.6 Å². The highest BCUT2D eigenvalue weighted by atomic mass is 19.4. The Bertz CT molecular complexity index is 1220. The predicted molar refractivity (Wildman–Crippen MR) is 130 cm³/mol. The fourth-order valence-corrected chi connectivity index (χ4v) is 4.67. The molecule has 4 heterocycles. The van der Waals surface area contributed by atoms with E-state index in [2.05, 4.69) is 20.4 Å². The number of hydrogen-bond donors (Lipinski definition) is 2. The van der Waals surface area contributed by atoms with Crippen LogP contribution in [0.4, 0.5) is 42.8 Å². The molecule has 11 nitrogen and oxygen atoms in total. The number of carbonyl (C=O) groups excluding carboxylic acids is 1. The first-order valence-electron chi connectivity index (χ1n) is 12.5. The molecule has 2 aromatic heterocycles. The highest BCUT2D eigenvalue weighted by Crippen LogP contribution is 2.32. The van der Waals surface area contributed by atoms with Gasteiger partial charge in [-0.25, -0.2) is 19.9 Å². The molecule has 220 valence electrons. The molecule has 2 amide bonds. The zero-order valence-electron chi connectivity index (χ0n) is 21.4. The Balaban J connectivity index is 1.18. The van der Waals surface area contributed by atoms with Crippen molar-refractivity contribution in [2.24, 2.45) is 0 Å². The summed E-state index contributed by atoms with van der Waals surface area (Å²) in [4.78, 5) is 37.3. The number of ether oxygens (including phenoxy) is 1. The first kappa shape index (κ1) is 29.4. The van der Waals surface area contributed by atoms with E-state index in [4.69, 9.17) is 4.74 Å². The molecule has 0 saturated carbocycles. The van der Waals surface area contributed by atoms with E-state index in [1.165, 1.54) is 0 Å². The van der Waals surface area contributed by atoms with Crippen molar-refractivity contribution in [2.75, 3.05) is 56.2 Å². The fraction of sp³-hybridized carbons (Fsp3) is 0.609. The van der Waals surface area contributed by atoms with Gasteiger partial charge in [0.2, 0.25) is 5.95 Å². The molecule has 2 unspecified atom stereocenters. The lowest BCUT2D eigenvalue weighted by Gasteiger charge is -2.25. The van der Waals surface area contributed by atoms with Gasteiger partial charge >= 0.3 is 18.4 Å². The van der Waals surface area contributed by atoms with Gasteiger partial charge in [-0.05, 0) is 19.8 Å². The standard InChI is InChI=1S/C23H28F6N8O3/c1-14(33-17-11-32-34-19(38)18(17)23(27,28)29)13-40-8-2-4-35-6-7-37(21(35)39)16-3-5-36(12-16)20-30-9-15(10-31-20)22(24,25)26/h9-11,14,16H,2-8,12-13H2,1H3,(H2,33,34,38). The number of nitrogens with one attached hydrogen (secondary N) is 2. The first-order valence-corrected chi connectivity index (χ1v) is 12.5. The fourth-order valence-electron chi connectivity index (χ4n) is 4.67. The lowest BCUT2D eigenvalue weighted by atomic mass is 10.2. The van der Waals surface area contributed by atoms with Crippen LogP contribution in [0.1, 0.15) is 30.9 Å². The summed E-state index contributed by atoms with van der Waals surface area (Å²) in [5.74, 6) is 0.185. The minimum atomic E-state index is -4.84. The van der Waals surface area contributed by atoms with Crippen molar-refractivity contribution in [3.63, 3.8) is 0 Å². The van der Waals surface area contributed by atoms with E-state index >= 15 is 0 Å². The molecule has 2 aromatic rings. The van der Waals surface area contributed by atoms with Crippen LogP contribution in [0.25, 0.3) is 0 Å². The average Bonchev–Trinajstić information content (AvgIpc) is 3.49. The predicted octanol–water partition coefficient (Wildman–Crippen LogP) is 2.82. The molecule has 2 fully saturated rings. The number of halogens is 6. The monoisotopic (exact) mass is 578 g/mol. The number of nitrogens with zero attached hydrogens (tertiary/aromatic N) is 6. The summed E-state index contributed by atoms with van der Waals surface area (Å²) in [5, 5.41) is 7.78. The van der Waals surface area contributed by atoms with Crippen molar-refractivity contribution in [3.8, 4) is 0 Å². The summed E-state index contributed by atoms with van der Waals surface area (Å²) in [6.07, 6.45) is -5.83. The molecule has 2 atom stereocenters. The van der Waals surface area contributed by atoms with Crippen molar-refractivity contribution in [3.05, 3.63) is 40.1 Å². The zero-order chi connectivity index (χ0) is 29.1. The number of anilines is 2. The van der Waals surface area contributed by atoms with Crippen LogP contribution in [0.5, 0.6) is 0 Å². The van der Waals surface area contributed by atoms with Gasteiger partial charge in [-0.2, -0.15) is 31.4 Å². The smallest absolute Gasteiger partial charge is 0.379 e. The number of urea groups is 1. The second-order valence-electron chi connectivity index (χ2n) is 9.58. The number of amides is 2. The zero-order valence-corrected chi connectivity index (χ0v) is 21.4. The van der Waals surface area contributed by atoms with Crippen molar-refractivity contribution in [2.45, 2.75) is 44.2 Å². The van der Waals surface area contributed by atoms with Crippen LogP contribution >= 0.6 is 0 Å². The van der Waals surface area contributed by atoms with Crippen molar-refractivity contribution in [1.29, 1.82) is 0 Å². The van der Waals surface area contributed by atoms with Crippen LogP contribution in [0.3, 0.4) is 0 Å². The molecule has 2 N–H and O–H groups in total. The van der Waals surface area contributed by atoms with Gasteiger partial charge < -0.3 is 24.8 Å². The second-order valence-corrected chi connectivity index (χ2v) is 9.58. The third-order valence-corrected chi connectivity index (χ3v) is 6.61. The Morgan fingerprint density at radius 2 is 1.80 bits per heavy atom. The van der Waals surface area contributed by atoms with E-state index in [1.54, 1.807) is 26.7 Å². The summed E-state index contributed by atoms with van der Waals surface area (Å²) in [6.45, 7) is 4.30. The summed E-state index contributed by atoms with van der Waals surface area (Å²) >= 11 is 0. The van der Waals surface area contributed by atoms with Crippen LogP contribution in [0, 0.1) is 0 Å². The number of hydrogen-bond acceptors (Lipinski definition) is 8. The molecule has 2 aliphatic heterocycles. The molecule has 0 aliphatic carbocycles. The number of rotatable bonds is 10. The number of carbonyl (C=O) groups is 1. The Morgan fingerprint density at radius 1 is 1.07 bits per heavy atom. The van der Waals surface area contributed by atoms with E-state index in [0.29, 0.717) is 45.6 Å². The van der Waals surface area contributed by atoms with Crippen LogP contribution in [0.15, 0.2) is 23.4 Å². The van der Waals surface area contributed by atoms with Crippen LogP contribution < -0.4 is 15.8 Å². The van der Waals surface area contributed by atoms with E-state index < -0.39 is 40.8 Å². The normalized spacial score (nSPS) is 19.0. The van der Waals surface area contributed by atoms with Crippen LogP contribution in [0.2, 0.25) is 0 Å². The van der Waals surface area contributed by atoms with Gasteiger partial charge in [0, 0.05) is 57.8 Å². The largest absolute Gasteiger partial charge is 0.423 e. The minimum Gasteiger partial charge on any atom is -0.379 e. The Morgan fingerprint density at radius 3 is 2.48 bits per heavy atom. The average molecular weight is 579 g/mol. The van der Waals surface area contributed by atoms with Gasteiger partial charge in [0.1, 0.15) is 5.56 Å². The third kappa shape index (κ3) is 6.92. The van der Waals surface area contributed by atoms with Gasteiger partial charge in [-0.3, -0.25) is 4.79 Å². The van der Waals surface area contributed by atoms with Gasteiger partial charge in [-0.1, -0.05) is 0 Å². The van der Waals surface area contributed by atoms with E-state index in [9.17, 15) is 35.9 Å². The van der Waals surface area contributed by atoms with E-state index in [-0.39, 0.29) is 31.2 Å². The van der Waals surface area contributed by atoms with Gasteiger partial charge in [0.15, 0.2) is 0 Å². The molecule has 4 rings (SSSR count). The molecule has 2 aliphatic rings. The molecule has 17 heteroatoms. The summed E-state index contributed by atoms with van der Waals surface area (Å²) < 4.78 is 83.3. The van der Waals surface area contributed by atoms with Crippen molar-refractivity contribution in [1.82, 2.24) is 30.0 Å². The lowest BCUT2D eigenvalue weighted by molar-refractivity contribution is -0.139. The van der Waals surface area contributed by atoms with Crippen molar-refractivity contribution < 1.29 is 35.9 Å². The first-order chi connectivity index (χ1) is 18.8. The third-order valence-electron chi connectivity index (χ3n) is 6.61. The van der Waals surface area contributed by atoms with Crippen LogP contribution in [-0.2, 0) is 17.1 Å². The summed E-state index contributed by atoms with van der Waals surface area (Å²) in [6, 6.07) is -0.808. The topological polar surface area (TPSA) is 120 Å². The number of alkyl halides is 6. The molecule has 0 spiro atoms. The Kier molecular flexibility index (Phi) is 8.70. The highest BCUT2D eigenvalue weighted by Gasteiger charge is 2.39. The molecule has 2 saturated heterocycles. The molecule has 40 heavy (non-hydrogen) atoms. The van der Waals surface area contributed by atoms with Gasteiger partial charge in [0.25, 0.3) is 5.56 Å². The van der Waals surface area contributed by atoms with Gasteiger partial charge in [0.05, 0.1) is 30.1 Å². The van der Waals surface area contributed by atoms with Gasteiger partial charge in [-0.15, -0.1) is 0 Å². The van der Waals surface area contributed by atoms with Crippen LogP contribution in [-0.4, -0.2) is 94.0 Å². The Hall–Kier alpha value is -3.63. The number of H-pyrrole nitrogens is 1. The molecule has 0 bridgehead atoms. The molecule has 0 radical (unpaired) electrons. The maximum absolute atomic E-state index is 13.2. The second kappa shape index (κ2) is 11.9. The highest BCUT2D eigenvalue weighted by molar-refractivity contribution is 5.77. The Labute approximate surface area is 224 Å². The number of aromatic nitrogens is 4. The SMILES string of the molecule is CC(COCCCN1CCN(C2CCN(c3ncc(C(F)(F)F)cn3)C2)C1=O)Nc1cn[nH]c(=O)c1C(F)(F)F. The maximum atomic E-state index is 13.2. The molecular weight excluding hydrogens is 550 g/mol. The summed E-state index contributed by atoms with van der Waals surface area (Å²) in [5.41, 5.74) is -4.06. The number of aromatic amines is 1. The molecule has 0 aromatic carbocycles. The maximum Gasteiger partial charge on any atom is 0.423 e. The minimum absolute atomic E-state index is 0.0636. The quantitative estimate of drug-likeness (QED) is 0.327.